The van der Waals surface area contributed by atoms with Crippen LogP contribution in [0.5, 0.6) is 0 Å². The highest BCUT2D eigenvalue weighted by Crippen LogP contribution is 2.19. The molecule has 0 aromatic carbocycles. The SMILES string of the molecule is NC(=O)CN1C[C@@H](F)C[C@H]1CNC(=O)Cc1cccs1. The molecule has 0 aliphatic carbocycles. The van der Waals surface area contributed by atoms with E-state index in [-0.39, 0.29) is 25.0 Å². The summed E-state index contributed by atoms with van der Waals surface area (Å²) >= 11 is 1.53. The number of alkyl halides is 1. The second-order valence-electron chi connectivity index (χ2n) is 4.94. The van der Waals surface area contributed by atoms with Crippen molar-refractivity contribution in [2.24, 2.45) is 5.73 Å². The smallest absolute Gasteiger partial charge is 0.231 e. The number of halogens is 1. The van der Waals surface area contributed by atoms with Crippen LogP contribution in [0.25, 0.3) is 0 Å². The highest BCUT2D eigenvalue weighted by Gasteiger charge is 2.32. The van der Waals surface area contributed by atoms with Crippen molar-refractivity contribution in [1.29, 1.82) is 0 Å². The molecule has 2 heterocycles. The normalized spacial score (nSPS) is 22.9. The first-order valence-corrected chi connectivity index (χ1v) is 7.38. The van der Waals surface area contributed by atoms with Crippen molar-refractivity contribution < 1.29 is 14.0 Å². The van der Waals surface area contributed by atoms with Gasteiger partial charge in [0.1, 0.15) is 6.17 Å². The Morgan fingerprint density at radius 1 is 1.55 bits per heavy atom. The van der Waals surface area contributed by atoms with Crippen molar-refractivity contribution in [2.75, 3.05) is 19.6 Å². The maximum absolute atomic E-state index is 13.4. The van der Waals surface area contributed by atoms with Crippen LogP contribution < -0.4 is 11.1 Å². The molecule has 0 radical (unpaired) electrons. The van der Waals surface area contributed by atoms with Crippen LogP contribution in [0.1, 0.15) is 11.3 Å². The van der Waals surface area contributed by atoms with Gasteiger partial charge in [0.15, 0.2) is 0 Å². The Kier molecular flexibility index (Phi) is 5.08. The van der Waals surface area contributed by atoms with Gasteiger partial charge >= 0.3 is 0 Å². The van der Waals surface area contributed by atoms with Gasteiger partial charge in [-0.3, -0.25) is 14.5 Å². The highest BCUT2D eigenvalue weighted by atomic mass is 32.1. The number of nitrogens with one attached hydrogen (secondary N) is 1. The van der Waals surface area contributed by atoms with Crippen LogP contribution in [0.4, 0.5) is 4.39 Å². The lowest BCUT2D eigenvalue weighted by molar-refractivity contribution is -0.120. The number of likely N-dealkylation sites (tertiary alicyclic amines) is 1. The fourth-order valence-electron chi connectivity index (χ4n) is 2.39. The Hall–Kier alpha value is -1.47. The van der Waals surface area contributed by atoms with E-state index in [0.29, 0.717) is 19.4 Å². The second kappa shape index (κ2) is 6.81. The predicted octanol–water partition coefficient (Wildman–Crippen LogP) is 0.305. The second-order valence-corrected chi connectivity index (χ2v) is 5.98. The van der Waals surface area contributed by atoms with Gasteiger partial charge in [-0.2, -0.15) is 0 Å². The maximum atomic E-state index is 13.4. The summed E-state index contributed by atoms with van der Waals surface area (Å²) in [6.07, 6.45) is -0.306. The van der Waals surface area contributed by atoms with Crippen LogP contribution in [-0.4, -0.2) is 48.6 Å². The zero-order valence-corrected chi connectivity index (χ0v) is 11.9. The number of primary amides is 1. The van der Waals surface area contributed by atoms with Crippen molar-refractivity contribution >= 4 is 23.2 Å². The summed E-state index contributed by atoms with van der Waals surface area (Å²) in [5, 5.41) is 4.71. The molecule has 1 saturated heterocycles. The van der Waals surface area contributed by atoms with E-state index in [1.807, 2.05) is 17.5 Å². The van der Waals surface area contributed by atoms with E-state index in [4.69, 9.17) is 5.73 Å². The quantitative estimate of drug-likeness (QED) is 0.793. The summed E-state index contributed by atoms with van der Waals surface area (Å²) in [5.41, 5.74) is 5.14. The number of nitrogens with zero attached hydrogens (tertiary/aromatic N) is 1. The van der Waals surface area contributed by atoms with Crippen LogP contribution in [0.3, 0.4) is 0 Å². The number of hydrogen-bond donors (Lipinski definition) is 2. The maximum Gasteiger partial charge on any atom is 0.231 e. The number of thiophene rings is 1. The lowest BCUT2D eigenvalue weighted by Gasteiger charge is -2.22. The molecule has 7 heteroatoms. The molecule has 0 unspecified atom stereocenters. The van der Waals surface area contributed by atoms with Gasteiger partial charge in [0, 0.05) is 24.0 Å². The summed E-state index contributed by atoms with van der Waals surface area (Å²) in [5.74, 6) is -0.567. The zero-order chi connectivity index (χ0) is 14.5. The fraction of sp³-hybridized carbons (Fsp3) is 0.538. The van der Waals surface area contributed by atoms with E-state index in [2.05, 4.69) is 5.32 Å². The van der Waals surface area contributed by atoms with E-state index in [1.165, 1.54) is 11.3 Å². The summed E-state index contributed by atoms with van der Waals surface area (Å²) in [7, 11) is 0. The van der Waals surface area contributed by atoms with Gasteiger partial charge < -0.3 is 11.1 Å². The van der Waals surface area contributed by atoms with Crippen LogP contribution in [0.2, 0.25) is 0 Å². The monoisotopic (exact) mass is 299 g/mol. The number of rotatable bonds is 6. The Labute approximate surface area is 120 Å². The lowest BCUT2D eigenvalue weighted by Crippen LogP contribution is -2.43. The Balaban J connectivity index is 1.79. The Morgan fingerprint density at radius 2 is 2.35 bits per heavy atom. The first kappa shape index (κ1) is 14.9. The predicted molar refractivity (Wildman–Crippen MR) is 75.1 cm³/mol. The van der Waals surface area contributed by atoms with Crippen molar-refractivity contribution in [3.8, 4) is 0 Å². The molecular weight excluding hydrogens is 281 g/mol. The fourth-order valence-corrected chi connectivity index (χ4v) is 3.10. The molecular formula is C13H18FN3O2S. The number of hydrogen-bond acceptors (Lipinski definition) is 4. The van der Waals surface area contributed by atoms with Gasteiger partial charge in [-0.25, -0.2) is 4.39 Å². The molecule has 1 aromatic heterocycles. The highest BCUT2D eigenvalue weighted by molar-refractivity contribution is 7.10. The standard InChI is InChI=1S/C13H18FN3O2S/c14-9-4-10(17(7-9)8-12(15)18)6-16-13(19)5-11-2-1-3-20-11/h1-3,9-10H,4-8H2,(H2,15,18)(H,16,19)/t9-,10-/m0/s1. The third-order valence-electron chi connectivity index (χ3n) is 3.29. The molecule has 0 spiro atoms. The van der Waals surface area contributed by atoms with E-state index >= 15 is 0 Å². The number of amides is 2. The molecule has 1 aliphatic rings. The van der Waals surface area contributed by atoms with Crippen LogP contribution in [-0.2, 0) is 16.0 Å². The van der Waals surface area contributed by atoms with Gasteiger partial charge in [0.2, 0.25) is 11.8 Å². The summed E-state index contributed by atoms with van der Waals surface area (Å²) in [6.45, 7) is 0.582. The minimum atomic E-state index is -0.964. The van der Waals surface area contributed by atoms with Gasteiger partial charge in [0.25, 0.3) is 0 Å². The first-order valence-electron chi connectivity index (χ1n) is 6.50. The molecule has 2 rings (SSSR count). The molecule has 1 aromatic rings. The Morgan fingerprint density at radius 3 is 3.00 bits per heavy atom. The van der Waals surface area contributed by atoms with E-state index in [9.17, 15) is 14.0 Å². The summed E-state index contributed by atoms with van der Waals surface area (Å²) in [6, 6.07) is 3.63. The first-order chi connectivity index (χ1) is 9.54. The molecule has 1 aliphatic heterocycles. The van der Waals surface area contributed by atoms with Gasteiger partial charge in [-0.1, -0.05) is 6.07 Å². The average Bonchev–Trinajstić information content (AvgIpc) is 2.96. The van der Waals surface area contributed by atoms with Crippen LogP contribution >= 0.6 is 11.3 Å². The summed E-state index contributed by atoms with van der Waals surface area (Å²) < 4.78 is 13.4. The van der Waals surface area contributed by atoms with Crippen molar-refractivity contribution in [1.82, 2.24) is 10.2 Å². The average molecular weight is 299 g/mol. The third-order valence-corrected chi connectivity index (χ3v) is 4.16. The Bertz CT molecular complexity index is 466. The van der Waals surface area contributed by atoms with Gasteiger partial charge in [0.05, 0.1) is 13.0 Å². The van der Waals surface area contributed by atoms with Crippen LogP contribution in [0, 0.1) is 0 Å². The number of carbonyl (C=O) groups excluding carboxylic acids is 2. The molecule has 3 N–H and O–H groups in total. The van der Waals surface area contributed by atoms with Crippen molar-refractivity contribution in [3.05, 3.63) is 22.4 Å². The number of nitrogens with two attached hydrogens (primary N) is 1. The topological polar surface area (TPSA) is 75.4 Å². The van der Waals surface area contributed by atoms with E-state index in [0.717, 1.165) is 4.88 Å². The van der Waals surface area contributed by atoms with E-state index in [1.54, 1.807) is 4.90 Å². The molecule has 0 bridgehead atoms. The molecule has 2 amide bonds. The number of carbonyl (C=O) groups is 2. The van der Waals surface area contributed by atoms with Crippen molar-refractivity contribution in [2.45, 2.75) is 25.1 Å². The zero-order valence-electron chi connectivity index (χ0n) is 11.0. The molecule has 2 atom stereocenters. The van der Waals surface area contributed by atoms with Gasteiger partial charge in [-0.15, -0.1) is 11.3 Å². The molecule has 1 fully saturated rings. The van der Waals surface area contributed by atoms with Crippen LogP contribution in [0.15, 0.2) is 17.5 Å². The molecule has 5 nitrogen and oxygen atoms in total. The molecule has 20 heavy (non-hydrogen) atoms. The lowest BCUT2D eigenvalue weighted by atomic mass is 10.2. The summed E-state index contributed by atoms with van der Waals surface area (Å²) in [4.78, 5) is 25.4. The van der Waals surface area contributed by atoms with Crippen molar-refractivity contribution in [3.63, 3.8) is 0 Å². The molecule has 0 saturated carbocycles. The molecule has 110 valence electrons. The van der Waals surface area contributed by atoms with E-state index < -0.39 is 12.1 Å². The third kappa shape index (κ3) is 4.28. The minimum absolute atomic E-state index is 0.0336. The minimum Gasteiger partial charge on any atom is -0.369 e. The largest absolute Gasteiger partial charge is 0.369 e. The van der Waals surface area contributed by atoms with Gasteiger partial charge in [-0.05, 0) is 17.9 Å².